The van der Waals surface area contributed by atoms with Gasteiger partial charge in [0.15, 0.2) is 5.82 Å². The minimum Gasteiger partial charge on any atom is -0.379 e. The molecule has 0 aliphatic carbocycles. The lowest BCUT2D eigenvalue weighted by molar-refractivity contribution is 0.0362. The van der Waals surface area contributed by atoms with Gasteiger partial charge in [0, 0.05) is 26.2 Å². The van der Waals surface area contributed by atoms with Crippen molar-refractivity contribution in [1.82, 2.24) is 14.6 Å². The summed E-state index contributed by atoms with van der Waals surface area (Å²) >= 11 is 1.55. The van der Waals surface area contributed by atoms with Crippen molar-refractivity contribution in [2.45, 2.75) is 6.54 Å². The summed E-state index contributed by atoms with van der Waals surface area (Å²) in [4.78, 5) is 14.9. The molecule has 2 aromatic heterocycles. The molecule has 3 heterocycles. The molecule has 1 saturated heterocycles. The van der Waals surface area contributed by atoms with Gasteiger partial charge in [0.1, 0.15) is 0 Å². The van der Waals surface area contributed by atoms with Crippen LogP contribution in [-0.2, 0) is 11.3 Å². The zero-order valence-corrected chi connectivity index (χ0v) is 11.3. The van der Waals surface area contributed by atoms with Crippen LogP contribution < -0.4 is 5.76 Å². The number of nitrogens with zero attached hydrogens (tertiary/aromatic N) is 3. The molecule has 3 rings (SSSR count). The van der Waals surface area contributed by atoms with Gasteiger partial charge in [0.25, 0.3) is 0 Å². The Kier molecular flexibility index (Phi) is 3.77. The highest BCUT2D eigenvalue weighted by Gasteiger charge is 2.16. The van der Waals surface area contributed by atoms with Gasteiger partial charge in [-0.25, -0.2) is 4.79 Å². The Bertz CT molecular complexity index is 569. The molecule has 7 heteroatoms. The van der Waals surface area contributed by atoms with Crippen LogP contribution in [0.25, 0.3) is 10.7 Å². The van der Waals surface area contributed by atoms with Crippen molar-refractivity contribution in [2.24, 2.45) is 0 Å². The summed E-state index contributed by atoms with van der Waals surface area (Å²) in [6, 6.07) is 3.87. The zero-order chi connectivity index (χ0) is 13.1. The number of hydrogen-bond acceptors (Lipinski definition) is 6. The van der Waals surface area contributed by atoms with E-state index in [0.29, 0.717) is 12.4 Å². The van der Waals surface area contributed by atoms with E-state index in [-0.39, 0.29) is 0 Å². The maximum Gasteiger partial charge on any atom is 0.441 e. The lowest BCUT2D eigenvalue weighted by Crippen LogP contribution is -2.39. The molecule has 0 atom stereocenters. The first kappa shape index (κ1) is 12.6. The average molecular weight is 281 g/mol. The van der Waals surface area contributed by atoms with Gasteiger partial charge in [0.2, 0.25) is 0 Å². The number of aromatic nitrogens is 2. The normalized spacial score (nSPS) is 16.8. The maximum atomic E-state index is 11.7. The summed E-state index contributed by atoms with van der Waals surface area (Å²) in [5, 5.41) is 5.82. The van der Waals surface area contributed by atoms with Gasteiger partial charge in [-0.3, -0.25) is 14.0 Å². The molecule has 0 saturated carbocycles. The second kappa shape index (κ2) is 5.68. The van der Waals surface area contributed by atoms with Gasteiger partial charge < -0.3 is 4.74 Å². The summed E-state index contributed by atoms with van der Waals surface area (Å²) < 4.78 is 11.7. The molecule has 6 nitrogen and oxygen atoms in total. The Morgan fingerprint density at radius 1 is 1.32 bits per heavy atom. The SMILES string of the molecule is O=c1onc(-c2cccs2)n1CCN1CCOCC1. The molecule has 1 aliphatic heterocycles. The van der Waals surface area contributed by atoms with Crippen LogP contribution in [0.5, 0.6) is 0 Å². The van der Waals surface area contributed by atoms with Crippen LogP contribution in [0, 0.1) is 0 Å². The molecule has 0 aromatic carbocycles. The summed E-state index contributed by atoms with van der Waals surface area (Å²) in [6.45, 7) is 4.74. The smallest absolute Gasteiger partial charge is 0.379 e. The van der Waals surface area contributed by atoms with E-state index in [2.05, 4.69) is 10.1 Å². The van der Waals surface area contributed by atoms with E-state index in [1.807, 2.05) is 17.5 Å². The lowest BCUT2D eigenvalue weighted by Gasteiger charge is -2.26. The third-order valence-electron chi connectivity index (χ3n) is 3.17. The van der Waals surface area contributed by atoms with E-state index in [1.165, 1.54) is 0 Å². The van der Waals surface area contributed by atoms with Crippen LogP contribution in [-0.4, -0.2) is 47.5 Å². The highest BCUT2D eigenvalue weighted by atomic mass is 32.1. The van der Waals surface area contributed by atoms with E-state index >= 15 is 0 Å². The molecule has 0 amide bonds. The number of hydrogen-bond donors (Lipinski definition) is 0. The molecule has 0 radical (unpaired) electrons. The minimum absolute atomic E-state index is 0.392. The van der Waals surface area contributed by atoms with E-state index in [0.717, 1.165) is 37.7 Å². The molecule has 0 N–H and O–H groups in total. The Hall–Kier alpha value is -1.44. The average Bonchev–Trinajstić information content (AvgIpc) is 3.07. The third kappa shape index (κ3) is 2.78. The molecule has 102 valence electrons. The van der Waals surface area contributed by atoms with Crippen LogP contribution in [0.15, 0.2) is 26.8 Å². The fraction of sp³-hybridized carbons (Fsp3) is 0.500. The second-order valence-corrected chi connectivity index (χ2v) is 5.30. The first-order valence-corrected chi connectivity index (χ1v) is 7.13. The molecule has 1 aliphatic rings. The quantitative estimate of drug-likeness (QED) is 0.833. The van der Waals surface area contributed by atoms with E-state index in [9.17, 15) is 4.79 Å². The minimum atomic E-state index is -0.392. The Morgan fingerprint density at radius 3 is 2.89 bits per heavy atom. The summed E-state index contributed by atoms with van der Waals surface area (Å²) in [6.07, 6.45) is 0. The van der Waals surface area contributed by atoms with Gasteiger partial charge in [-0.1, -0.05) is 11.2 Å². The zero-order valence-electron chi connectivity index (χ0n) is 10.4. The molecule has 19 heavy (non-hydrogen) atoms. The predicted molar refractivity (Wildman–Crippen MR) is 71.3 cm³/mol. The van der Waals surface area contributed by atoms with Gasteiger partial charge in [-0.15, -0.1) is 11.3 Å². The van der Waals surface area contributed by atoms with Crippen LogP contribution in [0.3, 0.4) is 0 Å². The van der Waals surface area contributed by atoms with Gasteiger partial charge in [-0.2, -0.15) is 0 Å². The molecule has 2 aromatic rings. The third-order valence-corrected chi connectivity index (χ3v) is 4.04. The standard InChI is InChI=1S/C12H15N3O3S/c16-12-15(4-3-14-5-7-17-8-6-14)11(13-18-12)10-2-1-9-19-10/h1-2,9H,3-8H2. The van der Waals surface area contributed by atoms with Crippen LogP contribution in [0.4, 0.5) is 0 Å². The van der Waals surface area contributed by atoms with Crippen LogP contribution in [0.2, 0.25) is 0 Å². The summed E-state index contributed by atoms with van der Waals surface area (Å²) in [5.74, 6) is 0.227. The summed E-state index contributed by atoms with van der Waals surface area (Å²) in [7, 11) is 0. The highest BCUT2D eigenvalue weighted by molar-refractivity contribution is 7.13. The maximum absolute atomic E-state index is 11.7. The van der Waals surface area contributed by atoms with Crippen molar-refractivity contribution in [3.05, 3.63) is 28.1 Å². The Labute approximate surface area is 114 Å². The number of ether oxygens (including phenoxy) is 1. The predicted octanol–water partition coefficient (Wildman–Crippen LogP) is 0.897. The molecular formula is C12H15N3O3S. The number of thiophene rings is 1. The van der Waals surface area contributed by atoms with Crippen LogP contribution >= 0.6 is 11.3 Å². The number of rotatable bonds is 4. The molecule has 0 spiro atoms. The van der Waals surface area contributed by atoms with Crippen molar-refractivity contribution < 1.29 is 9.26 Å². The largest absolute Gasteiger partial charge is 0.441 e. The van der Waals surface area contributed by atoms with Crippen molar-refractivity contribution >= 4 is 11.3 Å². The highest BCUT2D eigenvalue weighted by Crippen LogP contribution is 2.21. The van der Waals surface area contributed by atoms with Gasteiger partial charge >= 0.3 is 5.76 Å². The lowest BCUT2D eigenvalue weighted by atomic mass is 10.4. The van der Waals surface area contributed by atoms with Crippen LogP contribution in [0.1, 0.15) is 0 Å². The monoisotopic (exact) mass is 281 g/mol. The number of morpholine rings is 1. The van der Waals surface area contributed by atoms with Crippen molar-refractivity contribution in [2.75, 3.05) is 32.8 Å². The van der Waals surface area contributed by atoms with Crippen molar-refractivity contribution in [1.29, 1.82) is 0 Å². The Balaban J connectivity index is 1.73. The van der Waals surface area contributed by atoms with Gasteiger partial charge in [0.05, 0.1) is 18.1 Å². The fourth-order valence-electron chi connectivity index (χ4n) is 2.11. The topological polar surface area (TPSA) is 60.5 Å². The van der Waals surface area contributed by atoms with E-state index < -0.39 is 5.76 Å². The van der Waals surface area contributed by atoms with Crippen molar-refractivity contribution in [3.63, 3.8) is 0 Å². The second-order valence-electron chi connectivity index (χ2n) is 4.36. The molecule has 1 fully saturated rings. The molecule has 0 bridgehead atoms. The van der Waals surface area contributed by atoms with E-state index in [1.54, 1.807) is 15.9 Å². The van der Waals surface area contributed by atoms with Crippen molar-refractivity contribution in [3.8, 4) is 10.7 Å². The van der Waals surface area contributed by atoms with E-state index in [4.69, 9.17) is 9.26 Å². The molecular weight excluding hydrogens is 266 g/mol. The first-order chi connectivity index (χ1) is 9.34. The summed E-state index contributed by atoms with van der Waals surface area (Å²) in [5.41, 5.74) is 0. The Morgan fingerprint density at radius 2 is 2.16 bits per heavy atom. The van der Waals surface area contributed by atoms with Gasteiger partial charge in [-0.05, 0) is 11.4 Å². The fourth-order valence-corrected chi connectivity index (χ4v) is 2.83. The first-order valence-electron chi connectivity index (χ1n) is 6.25. The molecule has 0 unspecified atom stereocenters.